The Hall–Kier alpha value is -3.55. The van der Waals surface area contributed by atoms with Gasteiger partial charge in [0.05, 0.1) is 35.1 Å². The fourth-order valence-electron chi connectivity index (χ4n) is 2.23. The molecule has 0 amide bonds. The fourth-order valence-corrected chi connectivity index (χ4v) is 2.43. The van der Waals surface area contributed by atoms with E-state index in [1.165, 1.54) is 31.5 Å². The molecule has 2 aromatic heterocycles. The molecule has 11 heteroatoms. The van der Waals surface area contributed by atoms with E-state index in [0.717, 1.165) is 0 Å². The fraction of sp³-hybridized carbons (Fsp3) is 0.125. The van der Waals surface area contributed by atoms with Gasteiger partial charge in [-0.25, -0.2) is 4.79 Å². The van der Waals surface area contributed by atoms with E-state index < -0.39 is 12.2 Å². The van der Waals surface area contributed by atoms with Crippen LogP contribution in [0.1, 0.15) is 27.8 Å². The molecule has 0 saturated heterocycles. The molecule has 0 radical (unpaired) electrons. The van der Waals surface area contributed by atoms with Crippen molar-refractivity contribution in [1.29, 1.82) is 5.26 Å². The number of nitriles is 1. The highest BCUT2D eigenvalue weighted by atomic mass is 35.5. The largest absolute Gasteiger partial charge is 0.465 e. The van der Waals surface area contributed by atoms with Gasteiger partial charge in [-0.05, 0) is 24.3 Å². The monoisotopic (exact) mass is 385 g/mol. The van der Waals surface area contributed by atoms with Gasteiger partial charge in [-0.3, -0.25) is 0 Å². The van der Waals surface area contributed by atoms with Gasteiger partial charge in [-0.15, -0.1) is 5.10 Å². The van der Waals surface area contributed by atoms with Crippen molar-refractivity contribution in [2.24, 2.45) is 0 Å². The summed E-state index contributed by atoms with van der Waals surface area (Å²) >= 11 is 6.02. The lowest BCUT2D eigenvalue weighted by Gasteiger charge is -2.16. The number of carbonyl (C=O) groups is 1. The standard InChI is InChI=1S/C16H12ClN7O3/c1-27-16(26)9-4-8(6-18)10(17)5-13(9)20-15(25)12-3-2-11(21-22-12)14-7-19-24-23-14/h2-5,7,15,20,25H,1H3,(H,19,23,24). The number of nitrogens with one attached hydrogen (secondary N) is 2. The molecular weight excluding hydrogens is 374 g/mol. The third kappa shape index (κ3) is 3.84. The molecule has 3 aromatic rings. The van der Waals surface area contributed by atoms with E-state index in [0.29, 0.717) is 11.4 Å². The van der Waals surface area contributed by atoms with E-state index in [1.54, 1.807) is 6.07 Å². The van der Waals surface area contributed by atoms with E-state index >= 15 is 0 Å². The number of hydrogen-bond acceptors (Lipinski definition) is 9. The Morgan fingerprint density at radius 1 is 1.37 bits per heavy atom. The number of aromatic nitrogens is 5. The lowest BCUT2D eigenvalue weighted by molar-refractivity contribution is 0.0601. The molecule has 136 valence electrons. The highest BCUT2D eigenvalue weighted by Crippen LogP contribution is 2.28. The average Bonchev–Trinajstić information content (AvgIpc) is 3.22. The molecule has 0 aliphatic heterocycles. The zero-order valence-corrected chi connectivity index (χ0v) is 14.6. The van der Waals surface area contributed by atoms with Gasteiger partial charge in [0, 0.05) is 0 Å². The summed E-state index contributed by atoms with van der Waals surface area (Å²) in [6.45, 7) is 0. The van der Waals surface area contributed by atoms with E-state index in [4.69, 9.17) is 21.6 Å². The highest BCUT2D eigenvalue weighted by Gasteiger charge is 2.19. The van der Waals surface area contributed by atoms with Gasteiger partial charge in [0.15, 0.2) is 6.23 Å². The Kier molecular flexibility index (Phi) is 5.25. The van der Waals surface area contributed by atoms with Crippen LogP contribution < -0.4 is 5.32 Å². The molecule has 0 saturated carbocycles. The summed E-state index contributed by atoms with van der Waals surface area (Å²) in [5.74, 6) is -0.690. The number of rotatable bonds is 5. The molecule has 0 aliphatic carbocycles. The predicted molar refractivity (Wildman–Crippen MR) is 93.5 cm³/mol. The van der Waals surface area contributed by atoms with Crippen molar-refractivity contribution < 1.29 is 14.6 Å². The minimum atomic E-state index is -1.30. The van der Waals surface area contributed by atoms with Crippen molar-refractivity contribution in [3.8, 4) is 17.5 Å². The molecule has 0 fully saturated rings. The van der Waals surface area contributed by atoms with Crippen molar-refractivity contribution in [3.05, 3.63) is 52.3 Å². The summed E-state index contributed by atoms with van der Waals surface area (Å²) in [5, 5.41) is 40.2. The van der Waals surface area contributed by atoms with Crippen LogP contribution in [-0.4, -0.2) is 43.8 Å². The first-order valence-electron chi connectivity index (χ1n) is 7.49. The van der Waals surface area contributed by atoms with Crippen molar-refractivity contribution >= 4 is 23.3 Å². The number of aromatic amines is 1. The number of esters is 1. The van der Waals surface area contributed by atoms with Gasteiger partial charge >= 0.3 is 5.97 Å². The maximum Gasteiger partial charge on any atom is 0.340 e. The summed E-state index contributed by atoms with van der Waals surface area (Å²) < 4.78 is 4.70. The molecule has 0 spiro atoms. The second-order valence-corrected chi connectivity index (χ2v) is 5.63. The number of nitrogens with zero attached hydrogens (tertiary/aromatic N) is 5. The summed E-state index contributed by atoms with van der Waals surface area (Å²) in [5.41, 5.74) is 1.50. The Balaban J connectivity index is 1.87. The summed E-state index contributed by atoms with van der Waals surface area (Å²) in [6, 6.07) is 7.66. The van der Waals surface area contributed by atoms with Crippen molar-refractivity contribution in [3.63, 3.8) is 0 Å². The average molecular weight is 386 g/mol. The molecule has 27 heavy (non-hydrogen) atoms. The van der Waals surface area contributed by atoms with Crippen molar-refractivity contribution in [1.82, 2.24) is 25.6 Å². The Morgan fingerprint density at radius 3 is 2.78 bits per heavy atom. The molecule has 3 rings (SSSR count). The number of anilines is 1. The normalized spacial score (nSPS) is 11.5. The zero-order chi connectivity index (χ0) is 19.4. The lowest BCUT2D eigenvalue weighted by Crippen LogP contribution is -2.15. The number of H-pyrrole nitrogens is 1. The first-order valence-corrected chi connectivity index (χ1v) is 7.87. The molecule has 0 bridgehead atoms. The molecule has 10 nitrogen and oxygen atoms in total. The molecule has 3 N–H and O–H groups in total. The number of halogens is 1. The zero-order valence-electron chi connectivity index (χ0n) is 13.8. The third-order valence-corrected chi connectivity index (χ3v) is 3.88. The van der Waals surface area contributed by atoms with E-state index in [9.17, 15) is 9.90 Å². The van der Waals surface area contributed by atoms with Crippen LogP contribution in [0.5, 0.6) is 0 Å². The minimum Gasteiger partial charge on any atom is -0.465 e. The number of hydrogen-bond donors (Lipinski definition) is 3. The van der Waals surface area contributed by atoms with Crippen LogP contribution >= 0.6 is 11.6 Å². The Labute approximate surface area is 157 Å². The molecule has 0 aliphatic rings. The maximum absolute atomic E-state index is 12.0. The minimum absolute atomic E-state index is 0.0460. The van der Waals surface area contributed by atoms with Gasteiger partial charge in [0.25, 0.3) is 0 Å². The SMILES string of the molecule is COC(=O)c1cc(C#N)c(Cl)cc1NC(O)c1ccc(-c2cn[nH]n2)nn1. The van der Waals surface area contributed by atoms with E-state index in [-0.39, 0.29) is 27.5 Å². The molecule has 1 atom stereocenters. The van der Waals surface area contributed by atoms with Crippen LogP contribution in [0.3, 0.4) is 0 Å². The summed E-state index contributed by atoms with van der Waals surface area (Å²) in [6.07, 6.45) is 0.191. The Morgan fingerprint density at radius 2 is 2.19 bits per heavy atom. The van der Waals surface area contributed by atoms with Gasteiger partial charge in [-0.2, -0.15) is 25.8 Å². The van der Waals surface area contributed by atoms with Gasteiger partial charge < -0.3 is 15.2 Å². The molecule has 1 unspecified atom stereocenters. The summed E-state index contributed by atoms with van der Waals surface area (Å²) in [4.78, 5) is 12.0. The first-order chi connectivity index (χ1) is 13.0. The van der Waals surface area contributed by atoms with E-state index in [1.807, 2.05) is 6.07 Å². The molecule has 1 aromatic carbocycles. The van der Waals surface area contributed by atoms with Crippen LogP contribution in [-0.2, 0) is 4.74 Å². The van der Waals surface area contributed by atoms with Gasteiger partial charge in [-0.1, -0.05) is 11.6 Å². The highest BCUT2D eigenvalue weighted by molar-refractivity contribution is 6.32. The number of ether oxygens (including phenoxy) is 1. The third-order valence-electron chi connectivity index (χ3n) is 3.57. The van der Waals surface area contributed by atoms with Crippen LogP contribution in [0.25, 0.3) is 11.4 Å². The van der Waals surface area contributed by atoms with Crippen LogP contribution in [0.15, 0.2) is 30.5 Å². The molecular formula is C16H12ClN7O3. The second-order valence-electron chi connectivity index (χ2n) is 5.23. The quantitative estimate of drug-likeness (QED) is 0.440. The Bertz CT molecular complexity index is 1000. The first kappa shape index (κ1) is 18.2. The van der Waals surface area contributed by atoms with Gasteiger partial charge in [0.2, 0.25) is 0 Å². The number of aliphatic hydroxyl groups is 1. The number of methoxy groups -OCH3 is 1. The van der Waals surface area contributed by atoms with Crippen LogP contribution in [0, 0.1) is 11.3 Å². The number of carbonyl (C=O) groups excluding carboxylic acids is 1. The maximum atomic E-state index is 12.0. The molecule has 2 heterocycles. The van der Waals surface area contributed by atoms with Crippen LogP contribution in [0.4, 0.5) is 5.69 Å². The van der Waals surface area contributed by atoms with Crippen molar-refractivity contribution in [2.75, 3.05) is 12.4 Å². The predicted octanol–water partition coefficient (Wildman–Crippen LogP) is 1.68. The number of benzene rings is 1. The smallest absolute Gasteiger partial charge is 0.340 e. The topological polar surface area (TPSA) is 150 Å². The van der Waals surface area contributed by atoms with Crippen molar-refractivity contribution in [2.45, 2.75) is 6.23 Å². The van der Waals surface area contributed by atoms with Gasteiger partial charge in [0.1, 0.15) is 23.2 Å². The number of aliphatic hydroxyl groups excluding tert-OH is 1. The summed E-state index contributed by atoms with van der Waals surface area (Å²) in [7, 11) is 1.21. The van der Waals surface area contributed by atoms with E-state index in [2.05, 4.69) is 30.9 Å². The van der Waals surface area contributed by atoms with Crippen LogP contribution in [0.2, 0.25) is 5.02 Å². The second kappa shape index (κ2) is 7.77. The lowest BCUT2D eigenvalue weighted by atomic mass is 10.1.